The van der Waals surface area contributed by atoms with E-state index in [1.807, 2.05) is 20.8 Å². The van der Waals surface area contributed by atoms with Crippen molar-refractivity contribution in [1.82, 2.24) is 9.80 Å². The lowest BCUT2D eigenvalue weighted by Gasteiger charge is -2.60. The predicted molar refractivity (Wildman–Crippen MR) is 202 cm³/mol. The lowest BCUT2D eigenvalue weighted by atomic mass is 9.46. The number of ether oxygens (including phenoxy) is 5. The van der Waals surface area contributed by atoms with Gasteiger partial charge in [-0.1, -0.05) is 27.7 Å². The molecule has 0 amide bonds. The van der Waals surface area contributed by atoms with E-state index >= 15 is 0 Å². The minimum Gasteiger partial charge on any atom is -0.388 e. The van der Waals surface area contributed by atoms with Crippen LogP contribution in [0.2, 0.25) is 0 Å². The molecular weight excluding hydrogens is 652 g/mol. The Balaban J connectivity index is 0.830. The summed E-state index contributed by atoms with van der Waals surface area (Å²) in [5.74, 6) is 3.00. The molecule has 10 unspecified atom stereocenters. The van der Waals surface area contributed by atoms with E-state index in [0.29, 0.717) is 46.3 Å². The first kappa shape index (κ1) is 37.3. The molecule has 0 radical (unpaired) electrons. The number of fused-ring (bicyclic) bond motifs is 4. The fourth-order valence-corrected chi connectivity index (χ4v) is 15.4. The molecule has 0 aromatic rings. The van der Waals surface area contributed by atoms with E-state index in [-0.39, 0.29) is 30.0 Å². The monoisotopic (exact) mass is 727 g/mol. The Labute approximate surface area is 315 Å². The number of nitrogens with zero attached hydrogens (tertiary/aromatic N) is 2. The number of aliphatic hydroxyl groups is 1. The number of hydrogen-bond donors (Lipinski definition) is 1. The zero-order valence-corrected chi connectivity index (χ0v) is 34.0. The second-order valence-electron chi connectivity index (χ2n) is 21.6. The van der Waals surface area contributed by atoms with Crippen LogP contribution in [-0.4, -0.2) is 116 Å². The molecule has 1 N–H and O–H groups in total. The summed E-state index contributed by atoms with van der Waals surface area (Å²) in [5, 5.41) is 11.0. The average molecular weight is 727 g/mol. The molecule has 52 heavy (non-hydrogen) atoms. The predicted octanol–water partition coefficient (Wildman–Crippen LogP) is 6.91. The van der Waals surface area contributed by atoms with Crippen molar-refractivity contribution in [3.63, 3.8) is 0 Å². The van der Waals surface area contributed by atoms with Crippen LogP contribution in [0.3, 0.4) is 0 Å². The fourth-order valence-electron chi connectivity index (χ4n) is 15.4. The quantitative estimate of drug-likeness (QED) is 0.275. The highest BCUT2D eigenvalue weighted by atomic mass is 16.7. The van der Waals surface area contributed by atoms with Gasteiger partial charge in [-0.05, 0) is 156 Å². The summed E-state index contributed by atoms with van der Waals surface area (Å²) in [4.78, 5) is 5.39. The van der Waals surface area contributed by atoms with Gasteiger partial charge in [0, 0.05) is 37.7 Å². The molecular formula is C44H74N2O6. The maximum atomic E-state index is 11.0. The normalized spacial score (nSPS) is 48.0. The minimum atomic E-state index is -0.897. The summed E-state index contributed by atoms with van der Waals surface area (Å²) in [5.41, 5.74) is 1.07. The lowest BCUT2D eigenvalue weighted by Crippen LogP contribution is -2.57. The van der Waals surface area contributed by atoms with Gasteiger partial charge in [0.1, 0.15) is 6.10 Å². The Hall–Kier alpha value is -0.320. The van der Waals surface area contributed by atoms with Gasteiger partial charge in [0.25, 0.3) is 0 Å². The second-order valence-corrected chi connectivity index (χ2v) is 21.6. The molecule has 9 rings (SSSR count). The Kier molecular flexibility index (Phi) is 9.40. The number of piperidine rings is 1. The van der Waals surface area contributed by atoms with Crippen molar-refractivity contribution in [1.29, 1.82) is 0 Å². The molecule has 0 aromatic heterocycles. The first-order valence-corrected chi connectivity index (χ1v) is 22.0. The van der Waals surface area contributed by atoms with Crippen molar-refractivity contribution in [2.75, 3.05) is 59.2 Å². The van der Waals surface area contributed by atoms with Crippen LogP contribution in [0.1, 0.15) is 126 Å². The molecule has 0 bridgehead atoms. The number of likely N-dealkylation sites (tertiary alicyclic amines) is 1. The van der Waals surface area contributed by atoms with Crippen molar-refractivity contribution in [2.24, 2.45) is 50.7 Å². The Morgan fingerprint density at radius 2 is 1.63 bits per heavy atom. The smallest absolute Gasteiger partial charge is 0.170 e. The molecule has 5 aliphatic carbocycles. The topological polar surface area (TPSA) is 72.9 Å². The van der Waals surface area contributed by atoms with E-state index in [4.69, 9.17) is 23.7 Å². The van der Waals surface area contributed by atoms with Gasteiger partial charge in [-0.15, -0.1) is 0 Å². The number of hydrogen-bond acceptors (Lipinski definition) is 8. The largest absolute Gasteiger partial charge is 0.388 e. The summed E-state index contributed by atoms with van der Waals surface area (Å²) in [6.07, 6.45) is 15.7. The third-order valence-corrected chi connectivity index (χ3v) is 17.9. The highest BCUT2D eigenvalue weighted by Gasteiger charge is 2.80. The Bertz CT molecular complexity index is 1310. The summed E-state index contributed by atoms with van der Waals surface area (Å²) in [6, 6.07) is 0.654. The van der Waals surface area contributed by atoms with Gasteiger partial charge < -0.3 is 33.7 Å². The van der Waals surface area contributed by atoms with Crippen LogP contribution < -0.4 is 0 Å². The average Bonchev–Trinajstić information content (AvgIpc) is 3.67. The molecule has 9 aliphatic rings. The molecule has 12 atom stereocenters. The molecule has 8 nitrogen and oxygen atoms in total. The summed E-state index contributed by atoms with van der Waals surface area (Å²) in [7, 11) is 0. The van der Waals surface area contributed by atoms with Crippen molar-refractivity contribution in [2.45, 2.75) is 168 Å². The van der Waals surface area contributed by atoms with Crippen molar-refractivity contribution in [3.05, 3.63) is 0 Å². The first-order valence-electron chi connectivity index (χ1n) is 22.0. The van der Waals surface area contributed by atoms with Crippen LogP contribution in [-0.2, 0) is 23.7 Å². The van der Waals surface area contributed by atoms with Crippen LogP contribution >= 0.6 is 0 Å². The first-order chi connectivity index (χ1) is 24.7. The minimum absolute atomic E-state index is 0.00696. The van der Waals surface area contributed by atoms with E-state index in [2.05, 4.69) is 37.5 Å². The van der Waals surface area contributed by atoms with E-state index < -0.39 is 5.60 Å². The molecule has 9 fully saturated rings. The van der Waals surface area contributed by atoms with E-state index in [1.165, 1.54) is 90.3 Å². The molecule has 4 saturated heterocycles. The van der Waals surface area contributed by atoms with Crippen LogP contribution in [0.5, 0.6) is 0 Å². The second kappa shape index (κ2) is 13.1. The number of morpholine rings is 1. The molecule has 296 valence electrons. The SMILES string of the molecule is CCOC(C1CC[C@H]2C(CC3C4CC[C@H]5C(C)(C)C(OC6CN(C7CCN(CC8(C)COC8)CC7)CCO6)CCC56CC46CCC32C)O1)C(C)(C)O. The highest BCUT2D eigenvalue weighted by Crippen LogP contribution is 2.87. The maximum absolute atomic E-state index is 11.0. The molecule has 2 spiro atoms. The zero-order chi connectivity index (χ0) is 36.3. The summed E-state index contributed by atoms with van der Waals surface area (Å²) < 4.78 is 32.2. The molecule has 4 aliphatic heterocycles. The molecule has 5 saturated carbocycles. The van der Waals surface area contributed by atoms with Crippen molar-refractivity contribution < 1.29 is 28.8 Å². The number of rotatable bonds is 9. The van der Waals surface area contributed by atoms with Crippen LogP contribution in [0.15, 0.2) is 0 Å². The lowest BCUT2D eigenvalue weighted by molar-refractivity contribution is -0.248. The third-order valence-electron chi connectivity index (χ3n) is 17.9. The van der Waals surface area contributed by atoms with E-state index in [9.17, 15) is 5.11 Å². The Morgan fingerprint density at radius 1 is 0.865 bits per heavy atom. The summed E-state index contributed by atoms with van der Waals surface area (Å²) >= 11 is 0. The van der Waals surface area contributed by atoms with Crippen LogP contribution in [0.4, 0.5) is 0 Å². The highest BCUT2D eigenvalue weighted by molar-refractivity contribution is 5.29. The Morgan fingerprint density at radius 3 is 2.35 bits per heavy atom. The van der Waals surface area contributed by atoms with Gasteiger partial charge in [-0.2, -0.15) is 0 Å². The van der Waals surface area contributed by atoms with Crippen molar-refractivity contribution in [3.8, 4) is 0 Å². The van der Waals surface area contributed by atoms with Crippen LogP contribution in [0.25, 0.3) is 0 Å². The molecule has 8 heteroatoms. The summed E-state index contributed by atoms with van der Waals surface area (Å²) in [6.45, 7) is 24.8. The van der Waals surface area contributed by atoms with Gasteiger partial charge in [0.05, 0.1) is 43.7 Å². The van der Waals surface area contributed by atoms with Crippen molar-refractivity contribution >= 4 is 0 Å². The van der Waals surface area contributed by atoms with Gasteiger partial charge >= 0.3 is 0 Å². The standard InChI is InChI=1S/C44H74N2O6/c1-8-49-38(40(4,5)47)33-11-9-31-34(51-33)23-32-30-10-12-35-39(2,3)36(13-16-44(35)25-43(30,44)18-17-42(31,32)7)52-37-24-46(21-22-50-37)29-14-19-45(20-15-29)26-41(6)27-48-28-41/h29-38,47H,8-28H2,1-7H3/t30?,31-,32?,33?,34?,35-,36?,37?,38?,42?,43?,44?/m0/s1. The van der Waals surface area contributed by atoms with Gasteiger partial charge in [0.15, 0.2) is 6.29 Å². The van der Waals surface area contributed by atoms with Gasteiger partial charge in [-0.25, -0.2) is 0 Å². The third kappa shape index (κ3) is 5.86. The molecule has 0 aromatic carbocycles. The maximum Gasteiger partial charge on any atom is 0.170 e. The van der Waals surface area contributed by atoms with Gasteiger partial charge in [0.2, 0.25) is 0 Å². The fraction of sp³-hybridized carbons (Fsp3) is 1.00. The van der Waals surface area contributed by atoms with E-state index in [1.54, 1.807) is 0 Å². The van der Waals surface area contributed by atoms with Gasteiger partial charge in [-0.3, -0.25) is 4.90 Å². The van der Waals surface area contributed by atoms with Crippen LogP contribution in [0, 0.1) is 50.7 Å². The zero-order valence-electron chi connectivity index (χ0n) is 34.0. The molecule has 4 heterocycles. The van der Waals surface area contributed by atoms with E-state index in [0.717, 1.165) is 57.1 Å².